The zero-order valence-corrected chi connectivity index (χ0v) is 14.5. The number of hydrogen-bond acceptors (Lipinski definition) is 6. The smallest absolute Gasteiger partial charge is 0.258 e. The molecule has 0 spiro atoms. The molecule has 0 fully saturated rings. The molecular formula is C17H15N5O2S. The summed E-state index contributed by atoms with van der Waals surface area (Å²) >= 11 is 1.49. The first-order valence-corrected chi connectivity index (χ1v) is 8.66. The van der Waals surface area contributed by atoms with Gasteiger partial charge in [-0.15, -0.1) is 10.2 Å². The molecule has 0 atom stereocenters. The monoisotopic (exact) mass is 353 g/mol. The second-order valence-electron chi connectivity index (χ2n) is 5.56. The minimum Gasteiger partial charge on any atom is -0.469 e. The zero-order valence-electron chi connectivity index (χ0n) is 13.7. The van der Waals surface area contributed by atoms with Crippen LogP contribution in [-0.2, 0) is 12.8 Å². The normalized spacial score (nSPS) is 11.3. The summed E-state index contributed by atoms with van der Waals surface area (Å²) in [5.41, 5.74) is 2.18. The van der Waals surface area contributed by atoms with Crippen molar-refractivity contribution in [1.29, 1.82) is 0 Å². The Morgan fingerprint density at radius 3 is 2.92 bits per heavy atom. The molecule has 0 aromatic carbocycles. The van der Waals surface area contributed by atoms with E-state index < -0.39 is 0 Å². The number of fused-ring (bicyclic) bond motifs is 1. The van der Waals surface area contributed by atoms with E-state index in [4.69, 9.17) is 4.42 Å². The molecule has 4 aromatic heterocycles. The quantitative estimate of drug-likeness (QED) is 0.525. The summed E-state index contributed by atoms with van der Waals surface area (Å²) < 4.78 is 8.77. The summed E-state index contributed by atoms with van der Waals surface area (Å²) in [6, 6.07) is 8.92. The molecule has 4 heterocycles. The Morgan fingerprint density at radius 1 is 1.24 bits per heavy atom. The highest BCUT2D eigenvalue weighted by Crippen LogP contribution is 2.27. The largest absolute Gasteiger partial charge is 0.469 e. The van der Waals surface area contributed by atoms with Crippen LogP contribution in [0.25, 0.3) is 17.0 Å². The van der Waals surface area contributed by atoms with Crippen molar-refractivity contribution in [2.24, 2.45) is 7.05 Å². The number of aryl methyl sites for hydroxylation is 1. The Morgan fingerprint density at radius 2 is 2.12 bits per heavy atom. The van der Waals surface area contributed by atoms with Crippen LogP contribution in [0, 0.1) is 6.92 Å². The van der Waals surface area contributed by atoms with E-state index in [1.807, 2.05) is 42.8 Å². The first-order valence-electron chi connectivity index (χ1n) is 7.67. The van der Waals surface area contributed by atoms with Gasteiger partial charge in [0.25, 0.3) is 5.56 Å². The number of thioether (sulfide) groups is 1. The van der Waals surface area contributed by atoms with Crippen LogP contribution in [0.15, 0.2) is 57.2 Å². The molecule has 0 bridgehead atoms. The topological polar surface area (TPSA) is 78.2 Å². The van der Waals surface area contributed by atoms with Crippen molar-refractivity contribution in [2.45, 2.75) is 17.8 Å². The van der Waals surface area contributed by atoms with Gasteiger partial charge in [-0.2, -0.15) is 0 Å². The average Bonchev–Trinajstić information content (AvgIpc) is 3.18. The summed E-state index contributed by atoms with van der Waals surface area (Å²) in [7, 11) is 1.91. The lowest BCUT2D eigenvalue weighted by Gasteiger charge is -2.04. The molecular weight excluding hydrogens is 338 g/mol. The number of rotatable bonds is 4. The molecule has 0 aliphatic heterocycles. The maximum atomic E-state index is 12.1. The van der Waals surface area contributed by atoms with E-state index in [0.717, 1.165) is 22.3 Å². The second-order valence-corrected chi connectivity index (χ2v) is 6.50. The first-order chi connectivity index (χ1) is 12.1. The lowest BCUT2D eigenvalue weighted by Crippen LogP contribution is -2.14. The summed E-state index contributed by atoms with van der Waals surface area (Å²) in [5.74, 6) is 2.09. The molecule has 0 radical (unpaired) electrons. The summed E-state index contributed by atoms with van der Waals surface area (Å²) in [4.78, 5) is 16.7. The van der Waals surface area contributed by atoms with Gasteiger partial charge in [0, 0.05) is 25.1 Å². The highest BCUT2D eigenvalue weighted by molar-refractivity contribution is 7.98. The molecule has 4 rings (SSSR count). The molecule has 7 nitrogen and oxygen atoms in total. The third kappa shape index (κ3) is 2.85. The predicted octanol–water partition coefficient (Wildman–Crippen LogP) is 2.68. The third-order valence-electron chi connectivity index (χ3n) is 3.91. The van der Waals surface area contributed by atoms with Crippen LogP contribution in [0.2, 0.25) is 0 Å². The van der Waals surface area contributed by atoms with Gasteiger partial charge in [-0.1, -0.05) is 17.8 Å². The molecule has 0 unspecified atom stereocenters. The van der Waals surface area contributed by atoms with Crippen LogP contribution in [-0.4, -0.2) is 24.1 Å². The fourth-order valence-electron chi connectivity index (χ4n) is 2.61. The van der Waals surface area contributed by atoms with Gasteiger partial charge in [-0.3, -0.25) is 9.20 Å². The minimum absolute atomic E-state index is 0.0890. The van der Waals surface area contributed by atoms with Gasteiger partial charge in [0.2, 0.25) is 0 Å². The molecule has 4 aromatic rings. The fourth-order valence-corrected chi connectivity index (χ4v) is 3.41. The first kappa shape index (κ1) is 15.6. The Balaban J connectivity index is 1.59. The van der Waals surface area contributed by atoms with E-state index in [1.54, 1.807) is 18.5 Å². The summed E-state index contributed by atoms with van der Waals surface area (Å²) in [6.45, 7) is 1.89. The van der Waals surface area contributed by atoms with Crippen molar-refractivity contribution < 1.29 is 4.42 Å². The molecule has 25 heavy (non-hydrogen) atoms. The van der Waals surface area contributed by atoms with E-state index in [2.05, 4.69) is 15.2 Å². The van der Waals surface area contributed by atoms with E-state index in [-0.39, 0.29) is 5.56 Å². The lowest BCUT2D eigenvalue weighted by atomic mass is 10.2. The average molecular weight is 353 g/mol. The molecule has 0 amide bonds. The maximum absolute atomic E-state index is 12.1. The third-order valence-corrected chi connectivity index (χ3v) is 4.96. The number of pyridine rings is 1. The highest BCUT2D eigenvalue weighted by atomic mass is 32.2. The van der Waals surface area contributed by atoms with Crippen LogP contribution in [0.1, 0.15) is 11.5 Å². The van der Waals surface area contributed by atoms with Crippen LogP contribution in [0.5, 0.6) is 0 Å². The second kappa shape index (κ2) is 6.21. The number of nitrogens with zero attached hydrogens (tertiary/aromatic N) is 5. The SMILES string of the molecule is Cc1occc1-c1nnc(SCc2cc(=O)n3ccccc3n2)n1C. The molecule has 0 N–H and O–H groups in total. The van der Waals surface area contributed by atoms with E-state index >= 15 is 0 Å². The van der Waals surface area contributed by atoms with Crippen LogP contribution < -0.4 is 5.56 Å². The summed E-state index contributed by atoms with van der Waals surface area (Å²) in [6.07, 6.45) is 3.35. The summed E-state index contributed by atoms with van der Waals surface area (Å²) in [5, 5.41) is 9.24. The molecule has 126 valence electrons. The maximum Gasteiger partial charge on any atom is 0.258 e. The van der Waals surface area contributed by atoms with Crippen LogP contribution in [0.3, 0.4) is 0 Å². The molecule has 0 saturated heterocycles. The predicted molar refractivity (Wildman–Crippen MR) is 94.5 cm³/mol. The molecule has 0 aliphatic rings. The van der Waals surface area contributed by atoms with Crippen molar-refractivity contribution in [3.05, 3.63) is 64.6 Å². The van der Waals surface area contributed by atoms with Gasteiger partial charge in [0.05, 0.1) is 17.5 Å². The zero-order chi connectivity index (χ0) is 17.4. The van der Waals surface area contributed by atoms with Gasteiger partial charge >= 0.3 is 0 Å². The van der Waals surface area contributed by atoms with Gasteiger partial charge < -0.3 is 8.98 Å². The Bertz CT molecular complexity index is 1110. The van der Waals surface area contributed by atoms with Gasteiger partial charge in [-0.05, 0) is 25.1 Å². The highest BCUT2D eigenvalue weighted by Gasteiger charge is 2.15. The van der Waals surface area contributed by atoms with Crippen molar-refractivity contribution in [1.82, 2.24) is 24.1 Å². The van der Waals surface area contributed by atoms with Crippen LogP contribution in [0.4, 0.5) is 0 Å². The van der Waals surface area contributed by atoms with Gasteiger partial charge in [-0.25, -0.2) is 4.98 Å². The minimum atomic E-state index is -0.0890. The number of aromatic nitrogens is 5. The Labute approximate surface area is 147 Å². The van der Waals surface area contributed by atoms with Crippen molar-refractivity contribution in [3.63, 3.8) is 0 Å². The standard InChI is InChI=1S/C17H15N5O2S/c1-11-13(6-8-24-11)16-19-20-17(21(16)2)25-10-12-9-15(23)22-7-4-3-5-14(22)18-12/h3-9H,10H2,1-2H3. The van der Waals surface area contributed by atoms with E-state index in [9.17, 15) is 4.79 Å². The van der Waals surface area contributed by atoms with Crippen molar-refractivity contribution >= 4 is 17.4 Å². The van der Waals surface area contributed by atoms with E-state index in [1.165, 1.54) is 16.2 Å². The number of hydrogen-bond donors (Lipinski definition) is 0. The fraction of sp³-hybridized carbons (Fsp3) is 0.176. The van der Waals surface area contributed by atoms with Crippen molar-refractivity contribution in [2.75, 3.05) is 0 Å². The molecule has 0 saturated carbocycles. The van der Waals surface area contributed by atoms with Crippen LogP contribution >= 0.6 is 11.8 Å². The molecule has 0 aliphatic carbocycles. The van der Waals surface area contributed by atoms with Crippen molar-refractivity contribution in [3.8, 4) is 11.4 Å². The van der Waals surface area contributed by atoms with E-state index in [0.29, 0.717) is 17.1 Å². The number of furan rings is 1. The molecule has 8 heteroatoms. The van der Waals surface area contributed by atoms with Gasteiger partial charge in [0.1, 0.15) is 11.4 Å². The Kier molecular flexibility index (Phi) is 3.89. The Hall–Kier alpha value is -2.87. The lowest BCUT2D eigenvalue weighted by molar-refractivity contribution is 0.534. The van der Waals surface area contributed by atoms with Gasteiger partial charge in [0.15, 0.2) is 11.0 Å².